The fraction of sp³-hybridized carbons (Fsp3) is 0.444. The van der Waals surface area contributed by atoms with Crippen molar-refractivity contribution in [2.24, 2.45) is 0 Å². The minimum atomic E-state index is 0.368. The maximum absolute atomic E-state index is 4.09. The smallest absolute Gasteiger partial charge is 0.241 e. The minimum absolute atomic E-state index is 0.368. The molecule has 0 unspecified atom stereocenters. The van der Waals surface area contributed by atoms with Crippen LogP contribution >= 0.6 is 0 Å². The molecule has 0 saturated carbocycles. The van der Waals surface area contributed by atoms with E-state index in [1.807, 2.05) is 34.2 Å². The standard InChI is InChI=1S/C9H13N5/c1-8(2)14-6-9(11-12-14)5-13-4-3-10-7-13/h3-4,6-8H,5H2,1-2H3/p+1. The topological polar surface area (TPSA) is 50.4 Å². The minimum Gasteiger partial charge on any atom is -0.250 e. The van der Waals surface area contributed by atoms with Gasteiger partial charge in [-0.3, -0.25) is 4.98 Å². The molecule has 1 N–H and O–H groups in total. The number of hydrogen-bond acceptors (Lipinski definition) is 2. The Morgan fingerprint density at radius 1 is 1.57 bits per heavy atom. The highest BCUT2D eigenvalue weighted by Crippen LogP contribution is 2.01. The lowest BCUT2D eigenvalue weighted by Gasteiger charge is -2.00. The first-order valence-electron chi connectivity index (χ1n) is 4.68. The van der Waals surface area contributed by atoms with Crippen molar-refractivity contribution in [2.75, 3.05) is 0 Å². The van der Waals surface area contributed by atoms with Gasteiger partial charge in [-0.2, -0.15) is 0 Å². The molecule has 2 rings (SSSR count). The molecule has 74 valence electrons. The molecule has 2 heterocycles. The number of H-pyrrole nitrogens is 1. The van der Waals surface area contributed by atoms with Crippen molar-refractivity contribution in [3.63, 3.8) is 0 Å². The zero-order valence-electron chi connectivity index (χ0n) is 8.38. The molecule has 0 fully saturated rings. The normalized spacial score (nSPS) is 11.1. The monoisotopic (exact) mass is 192 g/mol. The van der Waals surface area contributed by atoms with Crippen LogP contribution < -0.4 is 4.57 Å². The molecule has 2 aromatic heterocycles. The van der Waals surface area contributed by atoms with E-state index >= 15 is 0 Å². The Labute approximate surface area is 82.4 Å². The van der Waals surface area contributed by atoms with Crippen molar-refractivity contribution in [1.29, 1.82) is 0 Å². The van der Waals surface area contributed by atoms with Gasteiger partial charge in [-0.25, -0.2) is 9.25 Å². The van der Waals surface area contributed by atoms with Crippen LogP contribution in [0.1, 0.15) is 25.6 Å². The second kappa shape index (κ2) is 3.61. The third-order valence-corrected chi connectivity index (χ3v) is 2.03. The quantitative estimate of drug-likeness (QED) is 0.721. The maximum Gasteiger partial charge on any atom is 0.241 e. The Morgan fingerprint density at radius 3 is 3.00 bits per heavy atom. The summed E-state index contributed by atoms with van der Waals surface area (Å²) in [6.45, 7) is 4.93. The highest BCUT2D eigenvalue weighted by molar-refractivity contribution is 4.90. The van der Waals surface area contributed by atoms with E-state index in [0.717, 1.165) is 12.2 Å². The number of imidazole rings is 1. The first-order chi connectivity index (χ1) is 6.75. The second-order valence-electron chi connectivity index (χ2n) is 3.57. The molecule has 0 aromatic carbocycles. The van der Waals surface area contributed by atoms with E-state index in [1.165, 1.54) is 0 Å². The largest absolute Gasteiger partial charge is 0.250 e. The van der Waals surface area contributed by atoms with E-state index in [9.17, 15) is 0 Å². The Balaban J connectivity index is 2.11. The third-order valence-electron chi connectivity index (χ3n) is 2.03. The van der Waals surface area contributed by atoms with Crippen molar-refractivity contribution in [2.45, 2.75) is 26.4 Å². The summed E-state index contributed by atoms with van der Waals surface area (Å²) < 4.78 is 3.89. The van der Waals surface area contributed by atoms with Crippen LogP contribution in [0.3, 0.4) is 0 Å². The molecule has 2 aromatic rings. The molecule has 0 radical (unpaired) electrons. The van der Waals surface area contributed by atoms with Gasteiger partial charge in [0.2, 0.25) is 6.33 Å². The molecule has 0 aliphatic rings. The summed E-state index contributed by atoms with van der Waals surface area (Å²) >= 11 is 0. The van der Waals surface area contributed by atoms with Crippen LogP contribution in [-0.2, 0) is 6.54 Å². The lowest BCUT2D eigenvalue weighted by Crippen LogP contribution is -2.31. The van der Waals surface area contributed by atoms with Gasteiger partial charge in [-0.15, -0.1) is 5.10 Å². The van der Waals surface area contributed by atoms with E-state index in [-0.39, 0.29) is 0 Å². The summed E-state index contributed by atoms with van der Waals surface area (Å²) in [5.41, 5.74) is 0.975. The Morgan fingerprint density at radius 2 is 2.43 bits per heavy atom. The number of aromatic nitrogens is 5. The Bertz CT molecular complexity index is 387. The molecule has 0 atom stereocenters. The van der Waals surface area contributed by atoms with Crippen LogP contribution in [0.5, 0.6) is 0 Å². The molecule has 0 spiro atoms. The average molecular weight is 192 g/mol. The Kier molecular flexibility index (Phi) is 2.30. The van der Waals surface area contributed by atoms with Gasteiger partial charge in [0.1, 0.15) is 24.6 Å². The molecular formula is C9H14N5+. The molecule has 0 bridgehead atoms. The van der Waals surface area contributed by atoms with Gasteiger partial charge in [-0.05, 0) is 13.8 Å². The van der Waals surface area contributed by atoms with Gasteiger partial charge in [-0.1, -0.05) is 5.21 Å². The lowest BCUT2D eigenvalue weighted by molar-refractivity contribution is -0.687. The molecule has 0 aliphatic carbocycles. The van der Waals surface area contributed by atoms with Crippen molar-refractivity contribution in [3.05, 3.63) is 30.6 Å². The van der Waals surface area contributed by atoms with Crippen LogP contribution in [0.25, 0.3) is 0 Å². The first-order valence-corrected chi connectivity index (χ1v) is 4.68. The maximum atomic E-state index is 4.09. The van der Waals surface area contributed by atoms with Gasteiger partial charge in [0, 0.05) is 6.04 Å². The van der Waals surface area contributed by atoms with Gasteiger partial charge in [0.05, 0.1) is 6.20 Å². The van der Waals surface area contributed by atoms with Crippen LogP contribution in [0.2, 0.25) is 0 Å². The molecule has 0 amide bonds. The first kappa shape index (κ1) is 8.93. The second-order valence-corrected chi connectivity index (χ2v) is 3.57. The number of nitrogens with zero attached hydrogens (tertiary/aromatic N) is 4. The fourth-order valence-electron chi connectivity index (χ4n) is 1.24. The molecule has 14 heavy (non-hydrogen) atoms. The molecule has 0 saturated heterocycles. The molecule has 0 aliphatic heterocycles. The number of rotatable bonds is 3. The SMILES string of the molecule is CC(C)n1cc(C[n+]2cc[nH]c2)nn1. The highest BCUT2D eigenvalue weighted by atomic mass is 15.4. The fourth-order valence-corrected chi connectivity index (χ4v) is 1.24. The van der Waals surface area contributed by atoms with Gasteiger partial charge in [0.25, 0.3) is 0 Å². The van der Waals surface area contributed by atoms with E-state index < -0.39 is 0 Å². The van der Waals surface area contributed by atoms with Gasteiger partial charge < -0.3 is 0 Å². The summed E-state index contributed by atoms with van der Waals surface area (Å²) in [6, 6.07) is 0.368. The predicted molar refractivity (Wildman–Crippen MR) is 50.5 cm³/mol. The van der Waals surface area contributed by atoms with E-state index in [2.05, 4.69) is 29.1 Å². The van der Waals surface area contributed by atoms with Crippen molar-refractivity contribution < 1.29 is 4.57 Å². The van der Waals surface area contributed by atoms with E-state index in [1.54, 1.807) is 0 Å². The summed E-state index contributed by atoms with van der Waals surface area (Å²) in [6.07, 6.45) is 7.72. The lowest BCUT2D eigenvalue weighted by atomic mass is 10.4. The molecule has 5 nitrogen and oxygen atoms in total. The summed E-state index contributed by atoms with van der Waals surface area (Å²) in [7, 11) is 0. The summed E-state index contributed by atoms with van der Waals surface area (Å²) in [5, 5.41) is 8.13. The van der Waals surface area contributed by atoms with Crippen LogP contribution in [0, 0.1) is 0 Å². The summed E-state index contributed by atoms with van der Waals surface area (Å²) in [5.74, 6) is 0. The van der Waals surface area contributed by atoms with E-state index in [4.69, 9.17) is 0 Å². The summed E-state index contributed by atoms with van der Waals surface area (Å²) in [4.78, 5) is 2.99. The highest BCUT2D eigenvalue weighted by Gasteiger charge is 2.06. The van der Waals surface area contributed by atoms with Crippen LogP contribution in [0.4, 0.5) is 0 Å². The van der Waals surface area contributed by atoms with Crippen molar-refractivity contribution in [3.8, 4) is 0 Å². The zero-order valence-corrected chi connectivity index (χ0v) is 8.38. The average Bonchev–Trinajstić information content (AvgIpc) is 2.75. The molecular weight excluding hydrogens is 178 g/mol. The van der Waals surface area contributed by atoms with Crippen LogP contribution in [-0.4, -0.2) is 20.0 Å². The van der Waals surface area contributed by atoms with Crippen LogP contribution in [0.15, 0.2) is 24.9 Å². The number of hydrogen-bond donors (Lipinski definition) is 1. The third kappa shape index (κ3) is 1.81. The number of aromatic amines is 1. The van der Waals surface area contributed by atoms with Crippen molar-refractivity contribution >= 4 is 0 Å². The van der Waals surface area contributed by atoms with Gasteiger partial charge in [0.15, 0.2) is 0 Å². The zero-order chi connectivity index (χ0) is 9.97. The predicted octanol–water partition coefficient (Wildman–Crippen LogP) is 0.523. The van der Waals surface area contributed by atoms with E-state index in [0.29, 0.717) is 6.04 Å². The molecule has 5 heteroatoms. The Hall–Kier alpha value is -1.65. The van der Waals surface area contributed by atoms with Crippen molar-refractivity contribution in [1.82, 2.24) is 20.0 Å². The van der Waals surface area contributed by atoms with Gasteiger partial charge >= 0.3 is 0 Å². The number of nitrogens with one attached hydrogen (secondary N) is 1.